The number of likely N-dealkylation sites (tertiary alicyclic amines) is 1. The van der Waals surface area contributed by atoms with Gasteiger partial charge in [-0.25, -0.2) is 14.3 Å². The quantitative estimate of drug-likeness (QED) is 0.331. The molecule has 1 aromatic heterocycles. The number of aromatic nitrogens is 2. The van der Waals surface area contributed by atoms with E-state index in [0.29, 0.717) is 16.5 Å². The highest BCUT2D eigenvalue weighted by molar-refractivity contribution is 6.04. The molecule has 3 aromatic rings. The Morgan fingerprint density at radius 2 is 1.43 bits per heavy atom. The molecule has 228 valence electrons. The number of carbonyl (C=O) groups is 3. The lowest BCUT2D eigenvalue weighted by Gasteiger charge is -2.48. The Kier molecular flexibility index (Phi) is 9.83. The summed E-state index contributed by atoms with van der Waals surface area (Å²) in [6, 6.07) is 14.0. The first-order valence-electron chi connectivity index (χ1n) is 12.4. The number of rotatable bonds is 4. The summed E-state index contributed by atoms with van der Waals surface area (Å²) in [4.78, 5) is 32.0. The molecule has 3 heterocycles. The van der Waals surface area contributed by atoms with Crippen molar-refractivity contribution >= 4 is 28.7 Å². The van der Waals surface area contributed by atoms with Gasteiger partial charge in [0.1, 0.15) is 5.52 Å². The van der Waals surface area contributed by atoms with E-state index in [1.54, 1.807) is 6.07 Å². The minimum Gasteiger partial charge on any atom is -0.475 e. The molecule has 2 aliphatic heterocycles. The minimum absolute atomic E-state index is 0.452. The van der Waals surface area contributed by atoms with Crippen molar-refractivity contribution in [2.75, 3.05) is 26.2 Å². The van der Waals surface area contributed by atoms with Crippen molar-refractivity contribution in [3.8, 4) is 5.69 Å². The number of alkyl halides is 6. The summed E-state index contributed by atoms with van der Waals surface area (Å²) < 4.78 is 65.3. The van der Waals surface area contributed by atoms with Crippen LogP contribution in [0.25, 0.3) is 16.6 Å². The zero-order valence-corrected chi connectivity index (χ0v) is 21.9. The van der Waals surface area contributed by atoms with Gasteiger partial charge in [0.05, 0.1) is 11.3 Å². The largest absolute Gasteiger partial charge is 0.490 e. The number of nitrogens with zero attached hydrogens (tertiary/aromatic N) is 3. The molecule has 2 saturated heterocycles. The molecule has 5 N–H and O–H groups in total. The van der Waals surface area contributed by atoms with Gasteiger partial charge in [-0.3, -0.25) is 9.69 Å². The van der Waals surface area contributed by atoms with E-state index < -0.39 is 30.2 Å². The standard InChI is InChI=1S/C22H25N5O.2C2HF3O2/c23-21(28)19-3-1-2-17-13-27(25-20(17)19)18-6-4-16(5-7-18)12-26-10-8-22(9-11-26)14-24-15-22;2*3-2(4,5)1(6)7/h1-7,13,24H,8-12,14-15H2,(H2,23,28);2*(H,6,7). The lowest BCUT2D eigenvalue weighted by atomic mass is 9.73. The van der Waals surface area contributed by atoms with Gasteiger partial charge in [-0.05, 0) is 55.1 Å². The van der Waals surface area contributed by atoms with E-state index in [9.17, 15) is 31.1 Å². The van der Waals surface area contributed by atoms with E-state index in [-0.39, 0.29) is 0 Å². The fraction of sp³-hybridized carbons (Fsp3) is 0.385. The Bertz CT molecular complexity index is 1380. The number of aliphatic carboxylic acids is 2. The highest BCUT2D eigenvalue weighted by Gasteiger charge is 2.40. The van der Waals surface area contributed by atoms with Gasteiger partial charge in [0, 0.05) is 31.2 Å². The first-order chi connectivity index (χ1) is 19.5. The van der Waals surface area contributed by atoms with Gasteiger partial charge in [0.2, 0.25) is 0 Å². The zero-order valence-electron chi connectivity index (χ0n) is 21.9. The average Bonchev–Trinajstić information content (AvgIpc) is 3.33. The number of hydrogen-bond donors (Lipinski definition) is 4. The maximum atomic E-state index is 11.6. The summed E-state index contributed by atoms with van der Waals surface area (Å²) in [5.74, 6) is -5.97. The predicted molar refractivity (Wildman–Crippen MR) is 137 cm³/mol. The van der Waals surface area contributed by atoms with Crippen LogP contribution in [0.3, 0.4) is 0 Å². The number of hydrogen-bond acceptors (Lipinski definition) is 6. The first kappa shape index (κ1) is 32.3. The molecule has 1 spiro atoms. The van der Waals surface area contributed by atoms with Gasteiger partial charge < -0.3 is 21.3 Å². The maximum Gasteiger partial charge on any atom is 0.490 e. The number of halogens is 6. The number of nitrogens with one attached hydrogen (secondary N) is 1. The monoisotopic (exact) mass is 603 g/mol. The molecule has 1 amide bonds. The summed E-state index contributed by atoms with van der Waals surface area (Å²) >= 11 is 0. The van der Waals surface area contributed by atoms with E-state index in [1.165, 1.54) is 44.6 Å². The number of carboxylic acid groups (broad SMARTS) is 2. The summed E-state index contributed by atoms with van der Waals surface area (Å²) in [5.41, 5.74) is 9.46. The molecule has 5 rings (SSSR count). The Balaban J connectivity index is 0.000000289. The van der Waals surface area contributed by atoms with E-state index in [1.807, 2.05) is 23.0 Å². The molecule has 0 bridgehead atoms. The second-order valence-corrected chi connectivity index (χ2v) is 9.83. The first-order valence-corrected chi connectivity index (χ1v) is 12.4. The molecule has 0 saturated carbocycles. The smallest absolute Gasteiger partial charge is 0.475 e. The SMILES string of the molecule is NC(=O)c1cccc2cn(-c3ccc(CN4CCC5(CC4)CNC5)cc3)nc12.O=C(O)C(F)(F)F.O=C(O)C(F)(F)F. The highest BCUT2D eigenvalue weighted by atomic mass is 19.4. The second kappa shape index (κ2) is 12.8. The maximum absolute atomic E-state index is 11.6. The molecular weight excluding hydrogens is 576 g/mol. The van der Waals surface area contributed by atoms with Crippen LogP contribution in [0.15, 0.2) is 48.7 Å². The predicted octanol–water partition coefficient (Wildman–Crippen LogP) is 3.58. The van der Waals surface area contributed by atoms with Crippen molar-refractivity contribution < 1.29 is 50.9 Å². The fourth-order valence-corrected chi connectivity index (χ4v) is 4.41. The lowest BCUT2D eigenvalue weighted by Crippen LogP contribution is -2.58. The van der Waals surface area contributed by atoms with Crippen LogP contribution in [0.2, 0.25) is 0 Å². The number of carbonyl (C=O) groups excluding carboxylic acids is 1. The van der Waals surface area contributed by atoms with E-state index in [2.05, 4.69) is 39.6 Å². The summed E-state index contributed by atoms with van der Waals surface area (Å²) in [5, 5.41) is 23.2. The van der Waals surface area contributed by atoms with Crippen LogP contribution in [-0.2, 0) is 16.1 Å². The van der Waals surface area contributed by atoms with Crippen molar-refractivity contribution in [2.45, 2.75) is 31.7 Å². The third kappa shape index (κ3) is 8.42. The molecule has 2 aliphatic rings. The van der Waals surface area contributed by atoms with Crippen molar-refractivity contribution in [3.63, 3.8) is 0 Å². The average molecular weight is 604 g/mol. The second-order valence-electron chi connectivity index (χ2n) is 9.83. The molecule has 10 nitrogen and oxygen atoms in total. The van der Waals surface area contributed by atoms with E-state index in [4.69, 9.17) is 25.5 Å². The number of fused-ring (bicyclic) bond motifs is 1. The Labute approximate surface area is 234 Å². The van der Waals surface area contributed by atoms with Gasteiger partial charge in [-0.1, -0.05) is 24.3 Å². The van der Waals surface area contributed by atoms with Crippen molar-refractivity contribution in [1.29, 1.82) is 0 Å². The molecule has 42 heavy (non-hydrogen) atoms. The number of nitrogens with two attached hydrogens (primary N) is 1. The zero-order chi connectivity index (χ0) is 31.3. The molecule has 2 fully saturated rings. The normalized spacial score (nSPS) is 16.4. The third-order valence-electron chi connectivity index (χ3n) is 6.81. The highest BCUT2D eigenvalue weighted by Crippen LogP contribution is 2.35. The molecule has 16 heteroatoms. The molecule has 2 aromatic carbocycles. The Morgan fingerprint density at radius 3 is 1.86 bits per heavy atom. The van der Waals surface area contributed by atoms with Gasteiger partial charge >= 0.3 is 24.3 Å². The van der Waals surface area contributed by atoms with Gasteiger partial charge in [-0.2, -0.15) is 31.4 Å². The number of primary amides is 1. The Morgan fingerprint density at radius 1 is 0.905 bits per heavy atom. The lowest BCUT2D eigenvalue weighted by molar-refractivity contribution is -0.193. The van der Waals surface area contributed by atoms with Crippen LogP contribution in [0.4, 0.5) is 26.3 Å². The van der Waals surface area contributed by atoms with Crippen molar-refractivity contribution in [3.05, 3.63) is 59.8 Å². The fourth-order valence-electron chi connectivity index (χ4n) is 4.41. The molecule has 0 unspecified atom stereocenters. The summed E-state index contributed by atoms with van der Waals surface area (Å²) in [6.07, 6.45) is -5.62. The number of piperidine rings is 1. The molecule has 0 aliphatic carbocycles. The number of carboxylic acids is 2. The van der Waals surface area contributed by atoms with Gasteiger partial charge in [-0.15, -0.1) is 0 Å². The summed E-state index contributed by atoms with van der Waals surface area (Å²) in [6.45, 7) is 5.76. The molecule has 0 atom stereocenters. The van der Waals surface area contributed by atoms with Gasteiger partial charge in [0.25, 0.3) is 5.91 Å². The van der Waals surface area contributed by atoms with Crippen molar-refractivity contribution in [1.82, 2.24) is 20.0 Å². The topological polar surface area (TPSA) is 151 Å². The van der Waals surface area contributed by atoms with Crippen LogP contribution in [0.1, 0.15) is 28.8 Å². The van der Waals surface area contributed by atoms with Crippen LogP contribution in [0.5, 0.6) is 0 Å². The third-order valence-corrected chi connectivity index (χ3v) is 6.81. The number of amides is 1. The summed E-state index contributed by atoms with van der Waals surface area (Å²) in [7, 11) is 0. The molecule has 0 radical (unpaired) electrons. The van der Waals surface area contributed by atoms with Crippen LogP contribution in [-0.4, -0.2) is 81.3 Å². The molecular formula is C26H27F6N5O5. The van der Waals surface area contributed by atoms with Crippen LogP contribution < -0.4 is 11.1 Å². The van der Waals surface area contributed by atoms with Crippen molar-refractivity contribution in [2.24, 2.45) is 11.1 Å². The number of benzene rings is 2. The van der Waals surface area contributed by atoms with E-state index in [0.717, 1.165) is 17.6 Å². The van der Waals surface area contributed by atoms with Crippen LogP contribution in [0, 0.1) is 5.41 Å². The van der Waals surface area contributed by atoms with E-state index >= 15 is 0 Å². The Hall–Kier alpha value is -4.18. The van der Waals surface area contributed by atoms with Crippen LogP contribution >= 0.6 is 0 Å². The van der Waals surface area contributed by atoms with Gasteiger partial charge in [0.15, 0.2) is 0 Å². The minimum atomic E-state index is -5.08.